The summed E-state index contributed by atoms with van der Waals surface area (Å²) in [5, 5.41) is 12.3. The summed E-state index contributed by atoms with van der Waals surface area (Å²) in [7, 11) is 0. The van der Waals surface area contributed by atoms with Crippen molar-refractivity contribution in [3.8, 4) is 0 Å². The third-order valence-electron chi connectivity index (χ3n) is 3.06. The minimum Gasteiger partial charge on any atom is -0.444 e. The highest BCUT2D eigenvalue weighted by atomic mass is 16.6. The van der Waals surface area contributed by atoms with Gasteiger partial charge in [0, 0.05) is 12.0 Å². The summed E-state index contributed by atoms with van der Waals surface area (Å²) in [5.74, 6) is 0.544. The van der Waals surface area contributed by atoms with Crippen LogP contribution in [0, 0.1) is 11.3 Å². The van der Waals surface area contributed by atoms with Crippen molar-refractivity contribution in [2.24, 2.45) is 11.3 Å². The van der Waals surface area contributed by atoms with Crippen LogP contribution in [0.2, 0.25) is 0 Å². The second kappa shape index (κ2) is 7.73. The van der Waals surface area contributed by atoms with E-state index < -0.39 is 11.7 Å². The SMILES string of the molecule is CCCC(C)CC(C)(CO)CNC(=O)OC(C)(C)C. The van der Waals surface area contributed by atoms with Crippen LogP contribution >= 0.6 is 0 Å². The zero-order chi connectivity index (χ0) is 15.1. The third-order valence-corrected chi connectivity index (χ3v) is 3.06. The predicted octanol–water partition coefficient (Wildman–Crippen LogP) is 3.34. The molecule has 0 aliphatic carbocycles. The van der Waals surface area contributed by atoms with Gasteiger partial charge in [-0.3, -0.25) is 0 Å². The second-order valence-corrected chi connectivity index (χ2v) is 6.92. The maximum atomic E-state index is 11.6. The first-order valence-corrected chi connectivity index (χ1v) is 7.19. The molecule has 0 radical (unpaired) electrons. The normalized spacial score (nSPS) is 16.6. The Labute approximate surface area is 117 Å². The molecular weight excluding hydrogens is 242 g/mol. The highest BCUT2D eigenvalue weighted by Gasteiger charge is 2.27. The number of alkyl carbamates (subject to hydrolysis) is 1. The van der Waals surface area contributed by atoms with Crippen LogP contribution in [0.3, 0.4) is 0 Å². The highest BCUT2D eigenvalue weighted by Crippen LogP contribution is 2.27. The fourth-order valence-corrected chi connectivity index (χ4v) is 2.23. The number of aliphatic hydroxyl groups is 1. The van der Waals surface area contributed by atoms with E-state index in [2.05, 4.69) is 19.2 Å². The predicted molar refractivity (Wildman–Crippen MR) is 78.1 cm³/mol. The summed E-state index contributed by atoms with van der Waals surface area (Å²) in [6, 6.07) is 0. The zero-order valence-electron chi connectivity index (χ0n) is 13.4. The van der Waals surface area contributed by atoms with E-state index in [-0.39, 0.29) is 12.0 Å². The Morgan fingerprint density at radius 3 is 2.32 bits per heavy atom. The van der Waals surface area contributed by atoms with E-state index in [1.165, 1.54) is 0 Å². The Morgan fingerprint density at radius 1 is 1.32 bits per heavy atom. The second-order valence-electron chi connectivity index (χ2n) is 6.92. The van der Waals surface area contributed by atoms with Crippen molar-refractivity contribution in [3.63, 3.8) is 0 Å². The van der Waals surface area contributed by atoms with E-state index in [0.29, 0.717) is 12.5 Å². The van der Waals surface area contributed by atoms with Gasteiger partial charge >= 0.3 is 6.09 Å². The van der Waals surface area contributed by atoms with Crippen molar-refractivity contribution in [1.29, 1.82) is 0 Å². The topological polar surface area (TPSA) is 58.6 Å². The van der Waals surface area contributed by atoms with Crippen molar-refractivity contribution < 1.29 is 14.6 Å². The minimum absolute atomic E-state index is 0.0663. The minimum atomic E-state index is -0.491. The van der Waals surface area contributed by atoms with E-state index in [1.807, 2.05) is 27.7 Å². The summed E-state index contributed by atoms with van der Waals surface area (Å²) in [6.07, 6.45) is 2.76. The molecule has 0 aliphatic heterocycles. The summed E-state index contributed by atoms with van der Waals surface area (Å²) < 4.78 is 5.20. The van der Waals surface area contributed by atoms with Gasteiger partial charge in [-0.25, -0.2) is 4.79 Å². The first-order chi connectivity index (χ1) is 8.62. The maximum Gasteiger partial charge on any atom is 0.407 e. The number of aliphatic hydroxyl groups excluding tert-OH is 1. The third kappa shape index (κ3) is 8.87. The first kappa shape index (κ1) is 18.2. The standard InChI is InChI=1S/C15H31NO3/c1-7-8-12(2)9-15(6,11-17)10-16-13(18)19-14(3,4)5/h12,17H,7-11H2,1-6H3,(H,16,18). The van der Waals surface area contributed by atoms with Crippen molar-refractivity contribution in [3.05, 3.63) is 0 Å². The largest absolute Gasteiger partial charge is 0.444 e. The molecule has 2 unspecified atom stereocenters. The molecular formula is C15H31NO3. The average Bonchev–Trinajstić information content (AvgIpc) is 2.24. The molecule has 19 heavy (non-hydrogen) atoms. The lowest BCUT2D eigenvalue weighted by Gasteiger charge is -2.31. The molecule has 0 spiro atoms. The Kier molecular flexibility index (Phi) is 7.42. The number of ether oxygens (including phenoxy) is 1. The lowest BCUT2D eigenvalue weighted by molar-refractivity contribution is 0.0458. The lowest BCUT2D eigenvalue weighted by Crippen LogP contribution is -2.41. The van der Waals surface area contributed by atoms with E-state index in [1.54, 1.807) is 0 Å². The van der Waals surface area contributed by atoms with Crippen LogP contribution in [0.15, 0.2) is 0 Å². The maximum absolute atomic E-state index is 11.6. The van der Waals surface area contributed by atoms with Crippen molar-refractivity contribution in [2.75, 3.05) is 13.2 Å². The van der Waals surface area contributed by atoms with E-state index in [4.69, 9.17) is 4.74 Å². The molecule has 0 saturated heterocycles. The number of amides is 1. The first-order valence-electron chi connectivity index (χ1n) is 7.19. The number of carbonyl (C=O) groups is 1. The van der Waals surface area contributed by atoms with Gasteiger partial charge in [-0.05, 0) is 33.1 Å². The number of hydrogen-bond acceptors (Lipinski definition) is 3. The molecule has 4 nitrogen and oxygen atoms in total. The smallest absolute Gasteiger partial charge is 0.407 e. The Morgan fingerprint density at radius 2 is 1.89 bits per heavy atom. The molecule has 0 rings (SSSR count). The number of carbonyl (C=O) groups excluding carboxylic acids is 1. The van der Waals surface area contributed by atoms with Crippen LogP contribution < -0.4 is 5.32 Å². The van der Waals surface area contributed by atoms with Gasteiger partial charge in [0.1, 0.15) is 5.60 Å². The average molecular weight is 273 g/mol. The van der Waals surface area contributed by atoms with Crippen LogP contribution in [-0.2, 0) is 4.74 Å². The molecule has 0 aromatic carbocycles. The van der Waals surface area contributed by atoms with Crippen LogP contribution in [0.5, 0.6) is 0 Å². The van der Waals surface area contributed by atoms with Crippen LogP contribution in [0.1, 0.15) is 60.8 Å². The molecule has 2 N–H and O–H groups in total. The molecule has 0 aromatic rings. The van der Waals surface area contributed by atoms with Crippen LogP contribution in [0.4, 0.5) is 4.79 Å². The van der Waals surface area contributed by atoms with Gasteiger partial charge < -0.3 is 15.2 Å². The monoisotopic (exact) mass is 273 g/mol. The van der Waals surface area contributed by atoms with Gasteiger partial charge in [-0.2, -0.15) is 0 Å². The Bertz CT molecular complexity index is 273. The van der Waals surface area contributed by atoms with E-state index in [0.717, 1.165) is 19.3 Å². The summed E-state index contributed by atoms with van der Waals surface area (Å²) >= 11 is 0. The number of hydrogen-bond donors (Lipinski definition) is 2. The molecule has 0 saturated carbocycles. The fourth-order valence-electron chi connectivity index (χ4n) is 2.23. The molecule has 2 atom stereocenters. The van der Waals surface area contributed by atoms with Crippen molar-refractivity contribution in [1.82, 2.24) is 5.32 Å². The van der Waals surface area contributed by atoms with Gasteiger partial charge in [-0.1, -0.05) is 33.6 Å². The molecule has 4 heteroatoms. The molecule has 0 aliphatic rings. The number of rotatable bonds is 7. The van der Waals surface area contributed by atoms with Gasteiger partial charge in [0.15, 0.2) is 0 Å². The molecule has 0 fully saturated rings. The highest BCUT2D eigenvalue weighted by molar-refractivity contribution is 5.67. The molecule has 0 bridgehead atoms. The summed E-state index contributed by atoms with van der Waals surface area (Å²) in [5.41, 5.74) is -0.777. The van der Waals surface area contributed by atoms with Gasteiger partial charge in [0.05, 0.1) is 6.61 Å². The quantitative estimate of drug-likeness (QED) is 0.748. The molecule has 114 valence electrons. The van der Waals surface area contributed by atoms with Crippen molar-refractivity contribution >= 4 is 6.09 Å². The Balaban J connectivity index is 4.27. The zero-order valence-corrected chi connectivity index (χ0v) is 13.4. The van der Waals surface area contributed by atoms with Gasteiger partial charge in [0.25, 0.3) is 0 Å². The van der Waals surface area contributed by atoms with Crippen LogP contribution in [-0.4, -0.2) is 30.0 Å². The molecule has 0 aromatic heterocycles. The van der Waals surface area contributed by atoms with E-state index in [9.17, 15) is 9.90 Å². The van der Waals surface area contributed by atoms with Gasteiger partial charge in [0.2, 0.25) is 0 Å². The van der Waals surface area contributed by atoms with Crippen LogP contribution in [0.25, 0.3) is 0 Å². The fraction of sp³-hybridized carbons (Fsp3) is 0.933. The van der Waals surface area contributed by atoms with Gasteiger partial charge in [-0.15, -0.1) is 0 Å². The number of nitrogens with one attached hydrogen (secondary N) is 1. The lowest BCUT2D eigenvalue weighted by atomic mass is 9.80. The summed E-state index contributed by atoms with van der Waals surface area (Å²) in [4.78, 5) is 11.6. The molecule has 1 amide bonds. The summed E-state index contributed by atoms with van der Waals surface area (Å²) in [6.45, 7) is 12.3. The van der Waals surface area contributed by atoms with Crippen molar-refractivity contribution in [2.45, 2.75) is 66.4 Å². The molecule has 0 heterocycles. The Hall–Kier alpha value is -0.770. The van der Waals surface area contributed by atoms with E-state index >= 15 is 0 Å².